The molecule has 0 saturated heterocycles. The molecule has 0 aliphatic carbocycles. The summed E-state index contributed by atoms with van der Waals surface area (Å²) in [5.41, 5.74) is 1.38. The summed E-state index contributed by atoms with van der Waals surface area (Å²) in [5.74, 6) is 0.314. The van der Waals surface area contributed by atoms with Crippen LogP contribution in [0, 0.1) is 0 Å². The number of para-hydroxylation sites is 2. The SMILES string of the molecule is O=C(Cn1c2ccccc2c(=O)c2ccccc21)OCCOc1cccc(Br)c1. The standard InChI is InChI=1S/C23H18BrNO4/c24-16-6-5-7-17(14-16)28-12-13-29-22(26)15-25-20-10-3-1-8-18(20)23(27)19-9-2-4-11-21(19)25/h1-11,14H,12-13,15H2. The molecule has 5 nitrogen and oxygen atoms in total. The van der Waals surface area contributed by atoms with Gasteiger partial charge in [0.1, 0.15) is 25.5 Å². The monoisotopic (exact) mass is 451 g/mol. The van der Waals surface area contributed by atoms with E-state index in [0.717, 1.165) is 4.47 Å². The van der Waals surface area contributed by atoms with Crippen LogP contribution in [0.3, 0.4) is 0 Å². The van der Waals surface area contributed by atoms with Gasteiger partial charge in [0.2, 0.25) is 0 Å². The van der Waals surface area contributed by atoms with Crippen LogP contribution in [0.1, 0.15) is 0 Å². The molecule has 146 valence electrons. The van der Waals surface area contributed by atoms with Crippen molar-refractivity contribution in [3.05, 3.63) is 87.5 Å². The molecule has 0 saturated carbocycles. The quantitative estimate of drug-likeness (QED) is 0.245. The smallest absolute Gasteiger partial charge is 0.326 e. The van der Waals surface area contributed by atoms with Gasteiger partial charge in [0.25, 0.3) is 0 Å². The highest BCUT2D eigenvalue weighted by Crippen LogP contribution is 2.19. The molecule has 1 aromatic heterocycles. The number of fused-ring (bicyclic) bond motifs is 2. The van der Waals surface area contributed by atoms with Crippen molar-refractivity contribution >= 4 is 43.7 Å². The number of carbonyl (C=O) groups is 1. The molecule has 0 fully saturated rings. The van der Waals surface area contributed by atoms with Gasteiger partial charge in [-0.1, -0.05) is 46.3 Å². The molecule has 0 unspecified atom stereocenters. The van der Waals surface area contributed by atoms with Gasteiger partial charge in [-0.15, -0.1) is 0 Å². The van der Waals surface area contributed by atoms with Crippen molar-refractivity contribution in [3.63, 3.8) is 0 Å². The molecule has 1 heterocycles. The van der Waals surface area contributed by atoms with E-state index in [2.05, 4.69) is 15.9 Å². The lowest BCUT2D eigenvalue weighted by atomic mass is 10.1. The Morgan fingerprint density at radius 1 is 0.862 bits per heavy atom. The minimum absolute atomic E-state index is 0.0121. The number of carbonyl (C=O) groups excluding carboxylic acids is 1. The summed E-state index contributed by atoms with van der Waals surface area (Å²) in [5, 5.41) is 1.16. The molecule has 0 spiro atoms. The Morgan fingerprint density at radius 2 is 1.52 bits per heavy atom. The number of pyridine rings is 1. The van der Waals surface area contributed by atoms with Crippen LogP contribution in [0.4, 0.5) is 0 Å². The van der Waals surface area contributed by atoms with Crippen molar-refractivity contribution in [2.24, 2.45) is 0 Å². The molecule has 0 atom stereocenters. The van der Waals surface area contributed by atoms with Gasteiger partial charge >= 0.3 is 5.97 Å². The van der Waals surface area contributed by atoms with Crippen LogP contribution in [-0.2, 0) is 16.1 Å². The largest absolute Gasteiger partial charge is 0.490 e. The zero-order chi connectivity index (χ0) is 20.2. The number of esters is 1. The number of hydrogen-bond donors (Lipinski definition) is 0. The highest BCUT2D eigenvalue weighted by atomic mass is 79.9. The zero-order valence-corrected chi connectivity index (χ0v) is 17.1. The predicted octanol–water partition coefficient (Wildman–Crippen LogP) is 4.54. The van der Waals surface area contributed by atoms with Crippen LogP contribution in [0.5, 0.6) is 5.75 Å². The molecule has 0 bridgehead atoms. The summed E-state index contributed by atoms with van der Waals surface area (Å²) in [6.07, 6.45) is 0. The number of hydrogen-bond acceptors (Lipinski definition) is 4. The number of halogens is 1. The highest BCUT2D eigenvalue weighted by molar-refractivity contribution is 9.10. The fourth-order valence-electron chi connectivity index (χ4n) is 3.29. The molecule has 4 rings (SSSR count). The summed E-state index contributed by atoms with van der Waals surface area (Å²) in [6, 6.07) is 22.0. The van der Waals surface area contributed by atoms with Crippen LogP contribution in [0.15, 0.2) is 82.1 Å². The Kier molecular flexibility index (Phi) is 5.62. The van der Waals surface area contributed by atoms with Crippen molar-refractivity contribution < 1.29 is 14.3 Å². The second-order valence-corrected chi connectivity index (χ2v) is 7.39. The molecule has 3 aromatic carbocycles. The Hall–Kier alpha value is -3.12. The van der Waals surface area contributed by atoms with Crippen LogP contribution >= 0.6 is 15.9 Å². The Bertz CT molecular complexity index is 1190. The van der Waals surface area contributed by atoms with E-state index >= 15 is 0 Å². The summed E-state index contributed by atoms with van der Waals surface area (Å²) >= 11 is 3.39. The predicted molar refractivity (Wildman–Crippen MR) is 116 cm³/mol. The maximum absolute atomic E-state index is 12.7. The van der Waals surface area contributed by atoms with E-state index in [4.69, 9.17) is 9.47 Å². The van der Waals surface area contributed by atoms with Crippen LogP contribution in [-0.4, -0.2) is 23.8 Å². The zero-order valence-electron chi connectivity index (χ0n) is 15.5. The minimum atomic E-state index is -0.387. The summed E-state index contributed by atoms with van der Waals surface area (Å²) in [4.78, 5) is 25.2. The molecule has 0 aliphatic rings. The molecular weight excluding hydrogens is 434 g/mol. The molecule has 4 aromatic rings. The van der Waals surface area contributed by atoms with E-state index in [-0.39, 0.29) is 31.2 Å². The normalized spacial score (nSPS) is 10.9. The average molecular weight is 452 g/mol. The first-order valence-electron chi connectivity index (χ1n) is 9.18. The summed E-state index contributed by atoms with van der Waals surface area (Å²) in [6.45, 7) is 0.410. The second-order valence-electron chi connectivity index (χ2n) is 6.48. The Balaban J connectivity index is 1.50. The molecule has 0 aliphatic heterocycles. The van der Waals surface area contributed by atoms with Gasteiger partial charge in [-0.3, -0.25) is 9.59 Å². The van der Waals surface area contributed by atoms with Crippen molar-refractivity contribution in [2.45, 2.75) is 6.54 Å². The first-order chi connectivity index (χ1) is 14.1. The van der Waals surface area contributed by atoms with E-state index in [1.54, 1.807) is 12.1 Å². The van der Waals surface area contributed by atoms with E-state index in [0.29, 0.717) is 27.6 Å². The Labute approximate surface area is 175 Å². The highest BCUT2D eigenvalue weighted by Gasteiger charge is 2.13. The third-order valence-electron chi connectivity index (χ3n) is 4.58. The molecule has 0 N–H and O–H groups in total. The van der Waals surface area contributed by atoms with Crippen molar-refractivity contribution in [2.75, 3.05) is 13.2 Å². The first-order valence-corrected chi connectivity index (χ1v) is 9.97. The number of nitrogens with zero attached hydrogens (tertiary/aromatic N) is 1. The lowest BCUT2D eigenvalue weighted by molar-refractivity contribution is -0.144. The second kappa shape index (κ2) is 8.49. The topological polar surface area (TPSA) is 57.5 Å². The van der Waals surface area contributed by atoms with Gasteiger partial charge in [-0.25, -0.2) is 0 Å². The molecule has 0 amide bonds. The maximum atomic E-state index is 12.7. The van der Waals surface area contributed by atoms with E-state index in [1.165, 1.54) is 0 Å². The van der Waals surface area contributed by atoms with Gasteiger partial charge in [0.05, 0.1) is 11.0 Å². The Morgan fingerprint density at radius 3 is 2.17 bits per heavy atom. The fraction of sp³-hybridized carbons (Fsp3) is 0.130. The van der Waals surface area contributed by atoms with Gasteiger partial charge in [-0.2, -0.15) is 0 Å². The van der Waals surface area contributed by atoms with E-state index in [1.807, 2.05) is 65.2 Å². The first kappa shape index (κ1) is 19.2. The van der Waals surface area contributed by atoms with Crippen LogP contribution in [0.25, 0.3) is 21.8 Å². The average Bonchev–Trinajstić information content (AvgIpc) is 2.74. The van der Waals surface area contributed by atoms with Gasteiger partial charge in [-0.05, 0) is 42.5 Å². The van der Waals surface area contributed by atoms with Crippen molar-refractivity contribution in [3.8, 4) is 5.75 Å². The van der Waals surface area contributed by atoms with Crippen molar-refractivity contribution in [1.82, 2.24) is 4.57 Å². The summed E-state index contributed by atoms with van der Waals surface area (Å²) in [7, 11) is 0. The number of rotatable bonds is 6. The number of ether oxygens (including phenoxy) is 2. The van der Waals surface area contributed by atoms with Gasteiger partial charge < -0.3 is 14.0 Å². The van der Waals surface area contributed by atoms with Gasteiger partial charge in [0.15, 0.2) is 5.43 Å². The third-order valence-corrected chi connectivity index (χ3v) is 5.07. The third kappa shape index (κ3) is 4.17. The maximum Gasteiger partial charge on any atom is 0.326 e. The number of aromatic nitrogens is 1. The molecular formula is C23H18BrNO4. The van der Waals surface area contributed by atoms with E-state index in [9.17, 15) is 9.59 Å². The lowest BCUT2D eigenvalue weighted by Gasteiger charge is -2.14. The van der Waals surface area contributed by atoms with E-state index < -0.39 is 0 Å². The fourth-order valence-corrected chi connectivity index (χ4v) is 3.67. The summed E-state index contributed by atoms with van der Waals surface area (Å²) < 4.78 is 13.7. The molecule has 0 radical (unpaired) electrons. The molecule has 29 heavy (non-hydrogen) atoms. The molecule has 6 heteroatoms. The minimum Gasteiger partial charge on any atom is -0.490 e. The number of benzene rings is 3. The van der Waals surface area contributed by atoms with Crippen molar-refractivity contribution in [1.29, 1.82) is 0 Å². The lowest BCUT2D eigenvalue weighted by Crippen LogP contribution is -2.20. The van der Waals surface area contributed by atoms with Crippen LogP contribution in [0.2, 0.25) is 0 Å². The van der Waals surface area contributed by atoms with Crippen LogP contribution < -0.4 is 10.2 Å². The van der Waals surface area contributed by atoms with Gasteiger partial charge in [0, 0.05) is 15.2 Å².